The van der Waals surface area contributed by atoms with Crippen molar-refractivity contribution < 1.29 is 0 Å². The van der Waals surface area contributed by atoms with E-state index in [1.807, 2.05) is 0 Å². The van der Waals surface area contributed by atoms with Crippen LogP contribution in [0.4, 0.5) is 5.69 Å². The fourth-order valence-corrected chi connectivity index (χ4v) is 3.60. The van der Waals surface area contributed by atoms with Crippen molar-refractivity contribution in [3.63, 3.8) is 0 Å². The van der Waals surface area contributed by atoms with E-state index in [2.05, 4.69) is 57.9 Å². The number of alkyl halides is 1. The number of likely N-dealkylation sites (N-methyl/N-ethyl adjacent to an activating group) is 1. The Bertz CT molecular complexity index is 425. The van der Waals surface area contributed by atoms with Crippen LogP contribution in [0, 0.1) is 0 Å². The standard InChI is InChI=1S/C15H22BrClN2/c1-3-13-11-18(2)7-4-8-19(13)15-6-5-12(10-17)9-14(15)16/h5-6,9,13H,3-4,7-8,10-11H2,1-2H3. The molecule has 1 aliphatic heterocycles. The van der Waals surface area contributed by atoms with E-state index in [4.69, 9.17) is 11.6 Å². The molecule has 2 nitrogen and oxygen atoms in total. The van der Waals surface area contributed by atoms with Gasteiger partial charge >= 0.3 is 0 Å². The van der Waals surface area contributed by atoms with E-state index in [-0.39, 0.29) is 0 Å². The number of hydrogen-bond donors (Lipinski definition) is 0. The van der Waals surface area contributed by atoms with Crippen molar-refractivity contribution in [2.45, 2.75) is 31.7 Å². The zero-order valence-corrected chi connectivity index (χ0v) is 14.0. The van der Waals surface area contributed by atoms with Crippen molar-refractivity contribution in [3.05, 3.63) is 28.2 Å². The van der Waals surface area contributed by atoms with Crippen LogP contribution in [0.3, 0.4) is 0 Å². The van der Waals surface area contributed by atoms with E-state index < -0.39 is 0 Å². The summed E-state index contributed by atoms with van der Waals surface area (Å²) in [4.78, 5) is 4.99. The monoisotopic (exact) mass is 344 g/mol. The van der Waals surface area contributed by atoms with Crippen molar-refractivity contribution in [2.24, 2.45) is 0 Å². The van der Waals surface area contributed by atoms with Gasteiger partial charge in [0.05, 0.1) is 5.69 Å². The van der Waals surface area contributed by atoms with Gasteiger partial charge in [0.1, 0.15) is 0 Å². The molecule has 0 spiro atoms. The van der Waals surface area contributed by atoms with Gasteiger partial charge in [-0.25, -0.2) is 0 Å². The highest BCUT2D eigenvalue weighted by molar-refractivity contribution is 9.10. The zero-order chi connectivity index (χ0) is 13.8. The summed E-state index contributed by atoms with van der Waals surface area (Å²) in [5.74, 6) is 0.568. The predicted octanol–water partition coefficient (Wildman–Crippen LogP) is 4.11. The minimum absolute atomic E-state index is 0.568. The summed E-state index contributed by atoms with van der Waals surface area (Å²) in [5, 5.41) is 0. The van der Waals surface area contributed by atoms with Crippen LogP contribution in [0.2, 0.25) is 0 Å². The molecule has 4 heteroatoms. The summed E-state index contributed by atoms with van der Waals surface area (Å²) in [6.07, 6.45) is 2.39. The average molecular weight is 346 g/mol. The minimum atomic E-state index is 0.568. The van der Waals surface area contributed by atoms with Crippen LogP contribution in [-0.4, -0.2) is 37.6 Å². The molecule has 2 rings (SSSR count). The molecule has 1 aliphatic rings. The number of nitrogens with zero attached hydrogens (tertiary/aromatic N) is 2. The van der Waals surface area contributed by atoms with Crippen molar-refractivity contribution in [2.75, 3.05) is 31.6 Å². The molecule has 19 heavy (non-hydrogen) atoms. The van der Waals surface area contributed by atoms with Gasteiger partial charge in [0.25, 0.3) is 0 Å². The van der Waals surface area contributed by atoms with E-state index >= 15 is 0 Å². The first-order valence-electron chi connectivity index (χ1n) is 6.95. The Kier molecular flexibility index (Phi) is 5.55. The molecule has 1 fully saturated rings. The van der Waals surface area contributed by atoms with Gasteiger partial charge in [-0.1, -0.05) is 13.0 Å². The van der Waals surface area contributed by atoms with E-state index in [9.17, 15) is 0 Å². The highest BCUT2D eigenvalue weighted by Crippen LogP contribution is 2.31. The lowest BCUT2D eigenvalue weighted by atomic mass is 10.1. The second-order valence-corrected chi connectivity index (χ2v) is 6.41. The number of halogens is 2. The molecule has 0 bridgehead atoms. The molecule has 1 aromatic rings. The van der Waals surface area contributed by atoms with Crippen LogP contribution in [0.15, 0.2) is 22.7 Å². The van der Waals surface area contributed by atoms with Crippen LogP contribution >= 0.6 is 27.5 Å². The summed E-state index contributed by atoms with van der Waals surface area (Å²) in [6.45, 7) is 5.73. The number of anilines is 1. The molecular formula is C15H22BrClN2. The average Bonchev–Trinajstić information content (AvgIpc) is 2.60. The molecule has 0 N–H and O–H groups in total. The molecule has 106 valence electrons. The Hall–Kier alpha value is -0.250. The lowest BCUT2D eigenvalue weighted by Gasteiger charge is -2.33. The molecule has 1 heterocycles. The van der Waals surface area contributed by atoms with E-state index in [0.717, 1.165) is 23.1 Å². The van der Waals surface area contributed by atoms with Gasteiger partial charge in [-0.05, 0) is 60.1 Å². The van der Waals surface area contributed by atoms with Crippen LogP contribution in [-0.2, 0) is 5.88 Å². The lowest BCUT2D eigenvalue weighted by Crippen LogP contribution is -2.40. The van der Waals surface area contributed by atoms with Gasteiger partial charge in [-0.15, -0.1) is 11.6 Å². The third-order valence-corrected chi connectivity index (χ3v) is 4.79. The van der Waals surface area contributed by atoms with Crippen molar-refractivity contribution in [1.29, 1.82) is 0 Å². The second kappa shape index (κ2) is 6.96. The number of hydrogen-bond acceptors (Lipinski definition) is 2. The molecular weight excluding hydrogens is 324 g/mol. The highest BCUT2D eigenvalue weighted by Gasteiger charge is 2.23. The summed E-state index contributed by atoms with van der Waals surface area (Å²) in [5.41, 5.74) is 2.47. The van der Waals surface area contributed by atoms with E-state index in [0.29, 0.717) is 11.9 Å². The molecule has 0 saturated carbocycles. The number of rotatable bonds is 3. The predicted molar refractivity (Wildman–Crippen MR) is 87.2 cm³/mol. The van der Waals surface area contributed by atoms with E-state index in [1.54, 1.807) is 0 Å². The highest BCUT2D eigenvalue weighted by atomic mass is 79.9. The summed E-state index contributed by atoms with van der Waals surface area (Å²) in [7, 11) is 2.22. The Morgan fingerprint density at radius 3 is 2.79 bits per heavy atom. The topological polar surface area (TPSA) is 6.48 Å². The minimum Gasteiger partial charge on any atom is -0.366 e. The Morgan fingerprint density at radius 2 is 2.16 bits per heavy atom. The van der Waals surface area contributed by atoms with Gasteiger partial charge < -0.3 is 9.80 Å². The van der Waals surface area contributed by atoms with Crippen LogP contribution in [0.25, 0.3) is 0 Å². The molecule has 1 saturated heterocycles. The quantitative estimate of drug-likeness (QED) is 0.761. The smallest absolute Gasteiger partial charge is 0.0513 e. The van der Waals surface area contributed by atoms with Gasteiger partial charge in [-0.3, -0.25) is 0 Å². The Balaban J connectivity index is 2.27. The maximum atomic E-state index is 5.90. The SMILES string of the molecule is CCC1CN(C)CCCN1c1ccc(CCl)cc1Br. The van der Waals surface area contributed by atoms with E-state index in [1.165, 1.54) is 25.1 Å². The van der Waals surface area contributed by atoms with Crippen molar-refractivity contribution in [3.8, 4) is 0 Å². The van der Waals surface area contributed by atoms with Gasteiger partial charge in [0.2, 0.25) is 0 Å². The van der Waals surface area contributed by atoms with Crippen LogP contribution < -0.4 is 4.90 Å². The summed E-state index contributed by atoms with van der Waals surface area (Å²) >= 11 is 9.60. The van der Waals surface area contributed by atoms with Crippen molar-refractivity contribution in [1.82, 2.24) is 4.90 Å². The molecule has 1 aromatic carbocycles. The molecule has 0 radical (unpaired) electrons. The maximum Gasteiger partial charge on any atom is 0.0513 e. The third kappa shape index (κ3) is 3.65. The first-order valence-corrected chi connectivity index (χ1v) is 8.28. The Labute approximate surface area is 129 Å². The fraction of sp³-hybridized carbons (Fsp3) is 0.600. The van der Waals surface area contributed by atoms with Crippen LogP contribution in [0.5, 0.6) is 0 Å². The zero-order valence-electron chi connectivity index (χ0n) is 11.7. The molecule has 0 aliphatic carbocycles. The second-order valence-electron chi connectivity index (χ2n) is 5.29. The molecule has 1 atom stereocenters. The maximum absolute atomic E-state index is 5.90. The van der Waals surface area contributed by atoms with Crippen molar-refractivity contribution >= 4 is 33.2 Å². The largest absolute Gasteiger partial charge is 0.366 e. The summed E-state index contributed by atoms with van der Waals surface area (Å²) in [6, 6.07) is 7.07. The summed E-state index contributed by atoms with van der Waals surface area (Å²) < 4.78 is 1.16. The fourth-order valence-electron chi connectivity index (χ4n) is 2.78. The number of benzene rings is 1. The van der Waals surface area contributed by atoms with Crippen LogP contribution in [0.1, 0.15) is 25.3 Å². The molecule has 0 aromatic heterocycles. The lowest BCUT2D eigenvalue weighted by molar-refractivity contribution is 0.328. The van der Waals surface area contributed by atoms with Gasteiger partial charge in [0, 0.05) is 29.5 Å². The first-order chi connectivity index (χ1) is 9.15. The molecule has 1 unspecified atom stereocenters. The Morgan fingerprint density at radius 1 is 1.37 bits per heavy atom. The third-order valence-electron chi connectivity index (χ3n) is 3.85. The molecule has 0 amide bonds. The normalized spacial score (nSPS) is 21.5. The van der Waals surface area contributed by atoms with Gasteiger partial charge in [-0.2, -0.15) is 0 Å². The first kappa shape index (κ1) is 15.1. The van der Waals surface area contributed by atoms with Gasteiger partial charge in [0.15, 0.2) is 0 Å².